The minimum atomic E-state index is -1.14. The van der Waals surface area contributed by atoms with Crippen molar-refractivity contribution in [1.82, 2.24) is 10.6 Å². The summed E-state index contributed by atoms with van der Waals surface area (Å²) >= 11 is 0. The molecular formula is C38H58FN3O8. The summed E-state index contributed by atoms with van der Waals surface area (Å²) in [6.45, 7) is 14.1. The molecule has 2 aromatic carbocycles. The maximum absolute atomic E-state index is 13.5. The molecule has 0 spiro atoms. The van der Waals surface area contributed by atoms with E-state index in [2.05, 4.69) is 16.0 Å². The van der Waals surface area contributed by atoms with Crippen molar-refractivity contribution >= 4 is 23.6 Å². The van der Waals surface area contributed by atoms with E-state index in [9.17, 15) is 23.9 Å². The van der Waals surface area contributed by atoms with E-state index >= 15 is 0 Å². The lowest BCUT2D eigenvalue weighted by molar-refractivity contribution is -0.127. The lowest BCUT2D eigenvalue weighted by atomic mass is 9.81. The average Bonchev–Trinajstić information content (AvgIpc) is 3.03. The molecule has 0 aliphatic carbocycles. The summed E-state index contributed by atoms with van der Waals surface area (Å²) in [4.78, 5) is 39.8. The number of aliphatic hydroxyl groups excluding tert-OH is 1. The van der Waals surface area contributed by atoms with E-state index in [0.717, 1.165) is 5.56 Å². The Hall–Kier alpha value is -3.90. The zero-order valence-electron chi connectivity index (χ0n) is 31.1. The molecular weight excluding hydrogens is 645 g/mol. The highest BCUT2D eigenvalue weighted by Gasteiger charge is 2.34. The van der Waals surface area contributed by atoms with Gasteiger partial charge in [-0.1, -0.05) is 39.8 Å². The van der Waals surface area contributed by atoms with Gasteiger partial charge in [-0.2, -0.15) is 0 Å². The van der Waals surface area contributed by atoms with Crippen LogP contribution in [0.25, 0.3) is 0 Å². The molecule has 0 unspecified atom stereocenters. The summed E-state index contributed by atoms with van der Waals surface area (Å²) in [5, 5.41) is 20.3. The molecule has 4 N–H and O–H groups in total. The molecule has 0 aromatic heterocycles. The van der Waals surface area contributed by atoms with E-state index in [4.69, 9.17) is 18.9 Å². The Balaban J connectivity index is 2.24. The maximum Gasteiger partial charge on any atom is 0.407 e. The molecule has 50 heavy (non-hydrogen) atoms. The minimum Gasteiger partial charge on any atom is -0.497 e. The van der Waals surface area contributed by atoms with Crippen LogP contribution in [0, 0.1) is 29.5 Å². The smallest absolute Gasteiger partial charge is 0.407 e. The van der Waals surface area contributed by atoms with Crippen molar-refractivity contribution in [2.75, 3.05) is 32.8 Å². The molecule has 11 nitrogen and oxygen atoms in total. The topological polar surface area (TPSA) is 144 Å². The Kier molecular flexibility index (Phi) is 17.5. The standard InChI is InChI=1S/C38H58FN3O8/c1-24(2)27(20-35(44)41-32-21-29(48-9)15-16-34(32)49-18-10-17-47-8)19-31(42-37(46)50-38(5,6)7)33(43)22-30(25(3)4)36(45)40-23-26-11-13-28(39)14-12-26/h11-16,21,24-25,27,30-31,33,43H,10,17-20,22-23H2,1-9H3,(H,40,45)(H,41,44)(H,42,46)/t27-,30+,31+,33+/m1/s1. The van der Waals surface area contributed by atoms with Gasteiger partial charge in [-0.05, 0) is 81.2 Å². The summed E-state index contributed by atoms with van der Waals surface area (Å²) in [5.74, 6) is -0.870. The summed E-state index contributed by atoms with van der Waals surface area (Å²) in [6.07, 6.45) is -0.788. The second-order valence-corrected chi connectivity index (χ2v) is 14.3. The number of hydrogen-bond acceptors (Lipinski definition) is 8. The predicted octanol–water partition coefficient (Wildman–Crippen LogP) is 6.47. The van der Waals surface area contributed by atoms with Crippen LogP contribution in [0.3, 0.4) is 0 Å². The van der Waals surface area contributed by atoms with Gasteiger partial charge in [0.25, 0.3) is 0 Å². The number of benzene rings is 2. The summed E-state index contributed by atoms with van der Waals surface area (Å²) in [6, 6.07) is 10.2. The number of alkyl carbamates (subject to hydrolysis) is 1. The molecule has 0 aliphatic rings. The molecule has 2 rings (SSSR count). The van der Waals surface area contributed by atoms with Crippen molar-refractivity contribution in [3.63, 3.8) is 0 Å². The number of aliphatic hydroxyl groups is 1. The Morgan fingerprint density at radius 2 is 1.60 bits per heavy atom. The van der Waals surface area contributed by atoms with Crippen molar-refractivity contribution < 1.29 is 42.8 Å². The highest BCUT2D eigenvalue weighted by atomic mass is 19.1. The van der Waals surface area contributed by atoms with Gasteiger partial charge in [0.15, 0.2) is 0 Å². The number of carbonyl (C=O) groups is 3. The highest BCUT2D eigenvalue weighted by Crippen LogP contribution is 2.31. The third-order valence-corrected chi connectivity index (χ3v) is 8.34. The molecule has 0 radical (unpaired) electrons. The molecule has 12 heteroatoms. The number of anilines is 1. The maximum atomic E-state index is 13.5. The van der Waals surface area contributed by atoms with Crippen molar-refractivity contribution in [2.24, 2.45) is 23.7 Å². The third-order valence-electron chi connectivity index (χ3n) is 8.34. The minimum absolute atomic E-state index is 0.00846. The second-order valence-electron chi connectivity index (χ2n) is 14.3. The normalized spacial score (nSPS) is 14.0. The van der Waals surface area contributed by atoms with Crippen LogP contribution in [-0.4, -0.2) is 68.2 Å². The van der Waals surface area contributed by atoms with Gasteiger partial charge in [-0.3, -0.25) is 9.59 Å². The molecule has 0 saturated heterocycles. The number of amides is 3. The lowest BCUT2D eigenvalue weighted by Gasteiger charge is -2.33. The van der Waals surface area contributed by atoms with Gasteiger partial charge in [-0.15, -0.1) is 0 Å². The quantitative estimate of drug-likeness (QED) is 0.115. The predicted molar refractivity (Wildman–Crippen MR) is 192 cm³/mol. The summed E-state index contributed by atoms with van der Waals surface area (Å²) in [7, 11) is 3.16. The monoisotopic (exact) mass is 703 g/mol. The Labute approximate surface area is 297 Å². The average molecular weight is 704 g/mol. The number of halogens is 1. The Morgan fingerprint density at radius 3 is 2.18 bits per heavy atom. The van der Waals surface area contributed by atoms with E-state index in [0.29, 0.717) is 36.8 Å². The van der Waals surface area contributed by atoms with Crippen LogP contribution in [0.4, 0.5) is 14.9 Å². The molecule has 0 heterocycles. The van der Waals surface area contributed by atoms with Crippen LogP contribution >= 0.6 is 0 Å². The Bertz CT molecular complexity index is 1350. The molecule has 0 bridgehead atoms. The van der Waals surface area contributed by atoms with Crippen LogP contribution < -0.4 is 25.4 Å². The van der Waals surface area contributed by atoms with Crippen molar-refractivity contribution in [3.8, 4) is 11.5 Å². The largest absolute Gasteiger partial charge is 0.497 e. The van der Waals surface area contributed by atoms with Gasteiger partial charge in [0.1, 0.15) is 22.9 Å². The van der Waals surface area contributed by atoms with E-state index in [1.165, 1.54) is 19.2 Å². The number of rotatable bonds is 20. The van der Waals surface area contributed by atoms with Gasteiger partial charge in [0, 0.05) is 45.1 Å². The third kappa shape index (κ3) is 15.3. The summed E-state index contributed by atoms with van der Waals surface area (Å²) < 4.78 is 35.2. The van der Waals surface area contributed by atoms with Gasteiger partial charge >= 0.3 is 6.09 Å². The van der Waals surface area contributed by atoms with Crippen molar-refractivity contribution in [1.29, 1.82) is 0 Å². The fourth-order valence-corrected chi connectivity index (χ4v) is 5.40. The van der Waals surface area contributed by atoms with Gasteiger partial charge in [0.05, 0.1) is 31.5 Å². The molecule has 0 aliphatic heterocycles. The van der Waals surface area contributed by atoms with E-state index < -0.39 is 29.8 Å². The van der Waals surface area contributed by atoms with E-state index in [-0.39, 0.29) is 61.2 Å². The van der Waals surface area contributed by atoms with Gasteiger partial charge in [-0.25, -0.2) is 9.18 Å². The first-order valence-electron chi connectivity index (χ1n) is 17.3. The first kappa shape index (κ1) is 42.3. The first-order valence-corrected chi connectivity index (χ1v) is 17.3. The molecule has 3 amide bonds. The number of methoxy groups -OCH3 is 2. The summed E-state index contributed by atoms with van der Waals surface area (Å²) in [5.41, 5.74) is 0.422. The number of carbonyl (C=O) groups excluding carboxylic acids is 3. The van der Waals surface area contributed by atoms with Gasteiger partial charge < -0.3 is 40.0 Å². The van der Waals surface area contributed by atoms with E-state index in [1.54, 1.807) is 58.2 Å². The van der Waals surface area contributed by atoms with Crippen LogP contribution in [0.5, 0.6) is 11.5 Å². The van der Waals surface area contributed by atoms with Crippen LogP contribution in [0.15, 0.2) is 42.5 Å². The molecule has 0 fully saturated rings. The second kappa shape index (κ2) is 20.7. The van der Waals surface area contributed by atoms with E-state index in [1.807, 2.05) is 27.7 Å². The fraction of sp³-hybridized carbons (Fsp3) is 0.605. The number of ether oxygens (including phenoxy) is 4. The molecule has 4 atom stereocenters. The number of hydrogen-bond donors (Lipinski definition) is 4. The van der Waals surface area contributed by atoms with Gasteiger partial charge in [0.2, 0.25) is 11.8 Å². The number of nitrogens with one attached hydrogen (secondary N) is 3. The highest BCUT2D eigenvalue weighted by molar-refractivity contribution is 5.92. The molecule has 2 aromatic rings. The Morgan fingerprint density at radius 1 is 0.920 bits per heavy atom. The van der Waals surface area contributed by atoms with Crippen LogP contribution in [-0.2, 0) is 25.6 Å². The fourth-order valence-electron chi connectivity index (χ4n) is 5.40. The zero-order chi connectivity index (χ0) is 37.4. The van der Waals surface area contributed by atoms with Crippen LogP contribution in [0.2, 0.25) is 0 Å². The lowest BCUT2D eigenvalue weighted by Crippen LogP contribution is -2.48. The van der Waals surface area contributed by atoms with Crippen molar-refractivity contribution in [2.45, 2.75) is 98.4 Å². The molecule has 280 valence electrons. The zero-order valence-corrected chi connectivity index (χ0v) is 31.1. The van der Waals surface area contributed by atoms with Crippen molar-refractivity contribution in [3.05, 3.63) is 53.8 Å². The first-order chi connectivity index (χ1) is 23.5. The van der Waals surface area contributed by atoms with Crippen LogP contribution in [0.1, 0.15) is 79.7 Å². The molecule has 0 saturated carbocycles. The SMILES string of the molecule is COCCCOc1ccc(OC)cc1NC(=O)C[C@@H](C[C@H](NC(=O)OC(C)(C)C)[C@@H](O)C[C@H](C(=O)NCc1ccc(F)cc1)C(C)C)C(C)C.